The van der Waals surface area contributed by atoms with Crippen molar-refractivity contribution in [2.45, 2.75) is 0 Å². The maximum absolute atomic E-state index is 4.37. The Labute approximate surface area is 137 Å². The molecule has 5 aromatic rings. The van der Waals surface area contributed by atoms with Crippen LogP contribution in [0.2, 0.25) is 0 Å². The number of hydrogen-bond donors (Lipinski definition) is 0. The molecule has 0 aliphatic rings. The summed E-state index contributed by atoms with van der Waals surface area (Å²) >= 11 is 0. The Morgan fingerprint density at radius 1 is 0.458 bits per heavy atom. The minimum Gasteiger partial charge on any atom is -0.205 e. The first-order valence-corrected chi connectivity index (χ1v) is 7.62. The summed E-state index contributed by atoms with van der Waals surface area (Å²) in [5, 5.41) is 17.3. The van der Waals surface area contributed by atoms with E-state index >= 15 is 0 Å². The second kappa shape index (κ2) is 4.99. The van der Waals surface area contributed by atoms with Crippen molar-refractivity contribution in [3.8, 4) is 22.8 Å². The summed E-state index contributed by atoms with van der Waals surface area (Å²) in [5.74, 6) is 1.52. The van der Waals surface area contributed by atoms with E-state index in [1.54, 1.807) is 0 Å². The van der Waals surface area contributed by atoms with Crippen LogP contribution in [0.15, 0.2) is 72.8 Å². The molecule has 5 rings (SSSR count). The normalized spacial score (nSPS) is 11.3. The fourth-order valence-corrected chi connectivity index (χ4v) is 2.87. The third-order valence-corrected chi connectivity index (χ3v) is 3.98. The first-order chi connectivity index (χ1) is 11.9. The molecule has 24 heavy (non-hydrogen) atoms. The fraction of sp³-hybridized carbons (Fsp3) is 0. The van der Waals surface area contributed by atoms with Gasteiger partial charge in [0.2, 0.25) is 0 Å². The van der Waals surface area contributed by atoms with Gasteiger partial charge in [-0.1, -0.05) is 60.7 Å². The maximum atomic E-state index is 4.37. The number of hydrogen-bond acceptors (Lipinski definition) is 4. The minimum absolute atomic E-state index is 0.748. The third-order valence-electron chi connectivity index (χ3n) is 3.98. The van der Waals surface area contributed by atoms with E-state index in [-0.39, 0.29) is 0 Å². The summed E-state index contributed by atoms with van der Waals surface area (Å²) in [4.78, 5) is 0. The van der Waals surface area contributed by atoms with E-state index in [1.807, 2.05) is 81.8 Å². The average molecular weight is 312 g/mol. The van der Waals surface area contributed by atoms with Crippen LogP contribution < -0.4 is 0 Å². The minimum atomic E-state index is 0.748. The molecule has 3 aromatic heterocycles. The van der Waals surface area contributed by atoms with Gasteiger partial charge in [-0.2, -0.15) is 0 Å². The van der Waals surface area contributed by atoms with Gasteiger partial charge in [-0.3, -0.25) is 0 Å². The predicted octanol–water partition coefficient (Wildman–Crippen LogP) is 3.11. The molecule has 114 valence electrons. The molecule has 6 nitrogen and oxygen atoms in total. The van der Waals surface area contributed by atoms with Gasteiger partial charge in [-0.05, 0) is 12.1 Å². The van der Waals surface area contributed by atoms with Crippen LogP contribution in [0.25, 0.3) is 34.1 Å². The quantitative estimate of drug-likeness (QED) is 0.502. The van der Waals surface area contributed by atoms with E-state index in [2.05, 4.69) is 20.4 Å². The molecular weight excluding hydrogens is 300 g/mol. The second-order valence-electron chi connectivity index (χ2n) is 5.45. The molecule has 0 bridgehead atoms. The van der Waals surface area contributed by atoms with Crippen LogP contribution >= 0.6 is 0 Å². The van der Waals surface area contributed by atoms with Crippen LogP contribution in [0.3, 0.4) is 0 Å². The van der Waals surface area contributed by atoms with Crippen molar-refractivity contribution in [3.63, 3.8) is 0 Å². The van der Waals surface area contributed by atoms with Crippen molar-refractivity contribution in [1.82, 2.24) is 29.4 Å². The Balaban J connectivity index is 1.90. The molecule has 0 radical (unpaired) electrons. The van der Waals surface area contributed by atoms with Gasteiger partial charge >= 0.3 is 0 Å². The van der Waals surface area contributed by atoms with Gasteiger partial charge in [0.15, 0.2) is 22.9 Å². The van der Waals surface area contributed by atoms with E-state index in [9.17, 15) is 0 Å². The van der Waals surface area contributed by atoms with Crippen molar-refractivity contribution in [1.29, 1.82) is 0 Å². The Morgan fingerprint density at radius 3 is 1.29 bits per heavy atom. The van der Waals surface area contributed by atoms with E-state index in [0.717, 1.165) is 34.1 Å². The van der Waals surface area contributed by atoms with E-state index < -0.39 is 0 Å². The highest BCUT2D eigenvalue weighted by Gasteiger charge is 2.15. The van der Waals surface area contributed by atoms with Gasteiger partial charge < -0.3 is 0 Å². The lowest BCUT2D eigenvalue weighted by atomic mass is 10.2. The largest absolute Gasteiger partial charge is 0.205 e. The number of benzene rings is 2. The topological polar surface area (TPSA) is 60.4 Å². The molecule has 0 fully saturated rings. The van der Waals surface area contributed by atoms with Gasteiger partial charge in [0.1, 0.15) is 0 Å². The van der Waals surface area contributed by atoms with E-state index in [4.69, 9.17) is 0 Å². The third kappa shape index (κ3) is 1.83. The van der Waals surface area contributed by atoms with Gasteiger partial charge in [0, 0.05) is 11.1 Å². The van der Waals surface area contributed by atoms with E-state index in [0.29, 0.717) is 0 Å². The second-order valence-corrected chi connectivity index (χ2v) is 5.45. The van der Waals surface area contributed by atoms with Crippen molar-refractivity contribution < 1.29 is 0 Å². The molecule has 0 aliphatic carbocycles. The summed E-state index contributed by atoms with van der Waals surface area (Å²) in [6.07, 6.45) is 0. The first kappa shape index (κ1) is 13.0. The summed E-state index contributed by atoms with van der Waals surface area (Å²) in [6.45, 7) is 0. The molecule has 0 saturated heterocycles. The van der Waals surface area contributed by atoms with Crippen LogP contribution in [-0.2, 0) is 0 Å². The molecule has 0 unspecified atom stereocenters. The van der Waals surface area contributed by atoms with Gasteiger partial charge in [-0.15, -0.1) is 20.4 Å². The highest BCUT2D eigenvalue weighted by Crippen LogP contribution is 2.22. The van der Waals surface area contributed by atoms with Crippen LogP contribution in [0, 0.1) is 0 Å². The Hall–Kier alpha value is -3.54. The molecule has 6 heteroatoms. The smallest absolute Gasteiger partial charge is 0.183 e. The first-order valence-electron chi connectivity index (χ1n) is 7.62. The monoisotopic (exact) mass is 312 g/mol. The van der Waals surface area contributed by atoms with Crippen LogP contribution in [-0.4, -0.2) is 29.4 Å². The number of aromatic nitrogens is 6. The molecular formula is C18H12N6. The maximum Gasteiger partial charge on any atom is 0.183 e. The molecule has 0 spiro atoms. The van der Waals surface area contributed by atoms with Crippen molar-refractivity contribution in [3.05, 3.63) is 72.8 Å². The predicted molar refractivity (Wildman–Crippen MR) is 90.4 cm³/mol. The van der Waals surface area contributed by atoms with Crippen molar-refractivity contribution >= 4 is 11.3 Å². The molecule has 2 aromatic carbocycles. The standard InChI is InChI=1S/C18H12N6/c1-3-7-13(8-4-1)17-21-19-15-11-12-16-20-22-18(24(16)23(15)17)14-9-5-2-6-10-14/h1-12H. The van der Waals surface area contributed by atoms with Crippen molar-refractivity contribution in [2.75, 3.05) is 0 Å². The fourth-order valence-electron chi connectivity index (χ4n) is 2.87. The summed E-state index contributed by atoms with van der Waals surface area (Å²) in [5.41, 5.74) is 3.48. The SMILES string of the molecule is c1ccc(-c2nnc3ccc4nnc(-c5ccccc5)n4n23)cc1. The molecule has 0 saturated carbocycles. The highest BCUT2D eigenvalue weighted by molar-refractivity contribution is 5.64. The van der Waals surface area contributed by atoms with Gasteiger partial charge in [0.25, 0.3) is 0 Å². The zero-order chi connectivity index (χ0) is 15.9. The Bertz CT molecular complexity index is 1050. The van der Waals surface area contributed by atoms with Crippen molar-refractivity contribution in [2.24, 2.45) is 0 Å². The molecule has 3 heterocycles. The lowest BCUT2D eigenvalue weighted by Gasteiger charge is -2.06. The molecule has 0 atom stereocenters. The molecule has 0 aliphatic heterocycles. The van der Waals surface area contributed by atoms with Gasteiger partial charge in [0.05, 0.1) is 0 Å². The molecule has 0 N–H and O–H groups in total. The number of nitrogens with zero attached hydrogens (tertiary/aromatic N) is 6. The average Bonchev–Trinajstić information content (AvgIpc) is 3.27. The lowest BCUT2D eigenvalue weighted by molar-refractivity contribution is 0.858. The van der Waals surface area contributed by atoms with Crippen LogP contribution in [0.1, 0.15) is 0 Å². The zero-order valence-corrected chi connectivity index (χ0v) is 12.6. The number of rotatable bonds is 2. The lowest BCUT2D eigenvalue weighted by Crippen LogP contribution is -2.04. The highest BCUT2D eigenvalue weighted by atomic mass is 15.5. The zero-order valence-electron chi connectivity index (χ0n) is 12.6. The van der Waals surface area contributed by atoms with E-state index in [1.165, 1.54) is 0 Å². The Morgan fingerprint density at radius 2 is 0.875 bits per heavy atom. The van der Waals surface area contributed by atoms with Crippen LogP contribution in [0.4, 0.5) is 0 Å². The summed E-state index contributed by atoms with van der Waals surface area (Å²) in [6, 6.07) is 23.8. The molecule has 0 amide bonds. The summed E-state index contributed by atoms with van der Waals surface area (Å²) < 4.78 is 3.90. The van der Waals surface area contributed by atoms with Gasteiger partial charge in [-0.25, -0.2) is 9.03 Å². The number of fused-ring (bicyclic) bond motifs is 3. The Kier molecular flexibility index (Phi) is 2.69. The van der Waals surface area contributed by atoms with Crippen LogP contribution in [0.5, 0.6) is 0 Å². The summed E-state index contributed by atoms with van der Waals surface area (Å²) in [7, 11) is 0.